The maximum Gasteiger partial charge on any atom is 0.307 e. The van der Waals surface area contributed by atoms with Gasteiger partial charge in [-0.1, -0.05) is 78.9 Å². The summed E-state index contributed by atoms with van der Waals surface area (Å²) in [7, 11) is 0. The minimum atomic E-state index is -0.513. The van der Waals surface area contributed by atoms with Gasteiger partial charge in [-0.3, -0.25) is 9.59 Å². The third-order valence-electron chi connectivity index (χ3n) is 4.74. The standard InChI is InChI=1S/C23H19NO3/c25-21(15-19-18-13-7-8-14-20(18)24-23(19)26)27-22(16-9-3-1-4-10-16)17-11-5-2-6-12-17/h1-14,19,22H,15H2,(H,24,26). The van der Waals surface area contributed by atoms with Crippen LogP contribution in [-0.4, -0.2) is 11.9 Å². The maximum absolute atomic E-state index is 12.7. The molecule has 1 atom stereocenters. The van der Waals surface area contributed by atoms with Gasteiger partial charge < -0.3 is 10.1 Å². The van der Waals surface area contributed by atoms with Crippen molar-refractivity contribution in [1.82, 2.24) is 0 Å². The molecule has 1 aliphatic heterocycles. The number of anilines is 1. The lowest BCUT2D eigenvalue weighted by Crippen LogP contribution is -2.19. The molecule has 0 saturated carbocycles. The number of carbonyl (C=O) groups excluding carboxylic acids is 2. The van der Waals surface area contributed by atoms with Crippen LogP contribution < -0.4 is 5.32 Å². The summed E-state index contributed by atoms with van der Waals surface area (Å²) in [5.41, 5.74) is 3.40. The van der Waals surface area contributed by atoms with Crippen LogP contribution in [0.2, 0.25) is 0 Å². The Bertz CT molecular complexity index is 914. The van der Waals surface area contributed by atoms with Crippen molar-refractivity contribution in [3.05, 3.63) is 102 Å². The molecule has 0 fully saturated rings. The summed E-state index contributed by atoms with van der Waals surface area (Å²) in [6.45, 7) is 0. The van der Waals surface area contributed by atoms with E-state index in [1.54, 1.807) is 0 Å². The third kappa shape index (κ3) is 3.60. The minimum Gasteiger partial charge on any atom is -0.453 e. The van der Waals surface area contributed by atoms with Crippen molar-refractivity contribution in [2.24, 2.45) is 0 Å². The van der Waals surface area contributed by atoms with Gasteiger partial charge in [-0.05, 0) is 22.8 Å². The number of benzene rings is 3. The fraction of sp³-hybridized carbons (Fsp3) is 0.130. The number of carbonyl (C=O) groups is 2. The lowest BCUT2D eigenvalue weighted by Gasteiger charge is -2.20. The number of hydrogen-bond donors (Lipinski definition) is 1. The topological polar surface area (TPSA) is 55.4 Å². The van der Waals surface area contributed by atoms with Crippen LogP contribution in [0.3, 0.4) is 0 Å². The van der Waals surface area contributed by atoms with Crippen LogP contribution in [0.1, 0.15) is 35.1 Å². The molecule has 4 nitrogen and oxygen atoms in total. The molecule has 0 spiro atoms. The zero-order valence-electron chi connectivity index (χ0n) is 14.7. The molecule has 134 valence electrons. The van der Waals surface area contributed by atoms with E-state index in [9.17, 15) is 9.59 Å². The SMILES string of the molecule is O=C(CC1C(=O)Nc2ccccc21)OC(c1ccccc1)c1ccccc1. The van der Waals surface area contributed by atoms with Crippen LogP contribution in [0.4, 0.5) is 5.69 Å². The number of esters is 1. The first-order valence-electron chi connectivity index (χ1n) is 8.91. The van der Waals surface area contributed by atoms with Crippen molar-refractivity contribution in [2.75, 3.05) is 5.32 Å². The fourth-order valence-corrected chi connectivity index (χ4v) is 3.41. The molecule has 27 heavy (non-hydrogen) atoms. The smallest absolute Gasteiger partial charge is 0.307 e. The zero-order valence-corrected chi connectivity index (χ0v) is 14.7. The monoisotopic (exact) mass is 357 g/mol. The van der Waals surface area contributed by atoms with Crippen LogP contribution >= 0.6 is 0 Å². The van der Waals surface area contributed by atoms with Gasteiger partial charge in [0.2, 0.25) is 5.91 Å². The highest BCUT2D eigenvalue weighted by molar-refractivity contribution is 6.04. The number of hydrogen-bond acceptors (Lipinski definition) is 3. The van der Waals surface area contributed by atoms with Crippen LogP contribution in [0.5, 0.6) is 0 Å². The summed E-state index contributed by atoms with van der Waals surface area (Å²) in [5, 5.41) is 2.82. The molecule has 1 amide bonds. The van der Waals surface area contributed by atoms with Gasteiger partial charge >= 0.3 is 5.97 Å². The van der Waals surface area contributed by atoms with Crippen molar-refractivity contribution in [2.45, 2.75) is 18.4 Å². The molecule has 0 aliphatic carbocycles. The summed E-state index contributed by atoms with van der Waals surface area (Å²) >= 11 is 0. The number of para-hydroxylation sites is 1. The highest BCUT2D eigenvalue weighted by Crippen LogP contribution is 2.35. The Kier molecular flexibility index (Phi) is 4.71. The Morgan fingerprint density at radius 2 is 1.41 bits per heavy atom. The molecule has 3 aromatic rings. The van der Waals surface area contributed by atoms with Gasteiger partial charge in [-0.15, -0.1) is 0 Å². The third-order valence-corrected chi connectivity index (χ3v) is 4.74. The quantitative estimate of drug-likeness (QED) is 0.687. The van der Waals surface area contributed by atoms with Crippen LogP contribution in [0.15, 0.2) is 84.9 Å². The number of amides is 1. The van der Waals surface area contributed by atoms with Crippen LogP contribution in [0.25, 0.3) is 0 Å². The normalized spacial score (nSPS) is 15.3. The number of nitrogens with one attached hydrogen (secondary N) is 1. The molecule has 1 heterocycles. The molecule has 1 aliphatic rings. The molecule has 4 heteroatoms. The fourth-order valence-electron chi connectivity index (χ4n) is 3.41. The van der Waals surface area contributed by atoms with E-state index >= 15 is 0 Å². The first kappa shape index (κ1) is 17.0. The Labute approximate surface area is 157 Å². The molecule has 0 aromatic heterocycles. The summed E-state index contributed by atoms with van der Waals surface area (Å²) in [4.78, 5) is 25.0. The average Bonchev–Trinajstić information content (AvgIpc) is 3.03. The van der Waals surface area contributed by atoms with Gasteiger partial charge in [-0.25, -0.2) is 0 Å². The van der Waals surface area contributed by atoms with E-state index in [4.69, 9.17) is 4.74 Å². The summed E-state index contributed by atoms with van der Waals surface area (Å²) in [5.74, 6) is -1.07. The predicted octanol–water partition coefficient (Wildman–Crippen LogP) is 4.45. The van der Waals surface area contributed by atoms with Gasteiger partial charge in [0.15, 0.2) is 6.10 Å². The second-order valence-electron chi connectivity index (χ2n) is 6.52. The molecule has 1 unspecified atom stereocenters. The van der Waals surface area contributed by atoms with Crippen molar-refractivity contribution in [1.29, 1.82) is 0 Å². The molecule has 1 N–H and O–H groups in total. The first-order valence-corrected chi connectivity index (χ1v) is 8.91. The molecule has 0 radical (unpaired) electrons. The predicted molar refractivity (Wildman–Crippen MR) is 103 cm³/mol. The van der Waals surface area contributed by atoms with Gasteiger partial charge in [0.05, 0.1) is 12.3 Å². The van der Waals surface area contributed by atoms with E-state index in [0.717, 1.165) is 22.4 Å². The Morgan fingerprint density at radius 1 is 0.852 bits per heavy atom. The van der Waals surface area contributed by atoms with Gasteiger partial charge in [0.1, 0.15) is 0 Å². The van der Waals surface area contributed by atoms with Crippen molar-refractivity contribution in [3.63, 3.8) is 0 Å². The molecular formula is C23H19NO3. The van der Waals surface area contributed by atoms with Gasteiger partial charge in [0, 0.05) is 5.69 Å². The number of fused-ring (bicyclic) bond motifs is 1. The Balaban J connectivity index is 1.55. The molecular weight excluding hydrogens is 338 g/mol. The molecule has 3 aromatic carbocycles. The lowest BCUT2D eigenvalue weighted by atomic mass is 9.97. The van der Waals surface area contributed by atoms with Crippen molar-refractivity contribution >= 4 is 17.6 Å². The summed E-state index contributed by atoms with van der Waals surface area (Å²) < 4.78 is 5.83. The maximum atomic E-state index is 12.7. The second kappa shape index (κ2) is 7.46. The molecule has 0 bridgehead atoms. The molecule has 4 rings (SSSR count). The highest BCUT2D eigenvalue weighted by Gasteiger charge is 2.33. The Hall–Kier alpha value is -3.40. The summed E-state index contributed by atoms with van der Waals surface area (Å²) in [6.07, 6.45) is -0.487. The van der Waals surface area contributed by atoms with E-state index in [2.05, 4.69) is 5.32 Å². The summed E-state index contributed by atoms with van der Waals surface area (Å²) in [6, 6.07) is 26.7. The van der Waals surface area contributed by atoms with Crippen molar-refractivity contribution < 1.29 is 14.3 Å². The van der Waals surface area contributed by atoms with Crippen LogP contribution in [-0.2, 0) is 14.3 Å². The van der Waals surface area contributed by atoms with Gasteiger partial charge in [0.25, 0.3) is 0 Å². The van der Waals surface area contributed by atoms with E-state index in [1.807, 2.05) is 84.9 Å². The van der Waals surface area contributed by atoms with E-state index in [-0.39, 0.29) is 12.3 Å². The Morgan fingerprint density at radius 3 is 2.04 bits per heavy atom. The van der Waals surface area contributed by atoms with Crippen molar-refractivity contribution in [3.8, 4) is 0 Å². The largest absolute Gasteiger partial charge is 0.453 e. The van der Waals surface area contributed by atoms with Gasteiger partial charge in [-0.2, -0.15) is 0 Å². The van der Waals surface area contributed by atoms with Crippen LogP contribution in [0, 0.1) is 0 Å². The zero-order chi connectivity index (χ0) is 18.6. The second-order valence-corrected chi connectivity index (χ2v) is 6.52. The lowest BCUT2D eigenvalue weighted by molar-refractivity contribution is -0.148. The highest BCUT2D eigenvalue weighted by atomic mass is 16.5. The average molecular weight is 357 g/mol. The van der Waals surface area contributed by atoms with E-state index in [1.165, 1.54) is 0 Å². The minimum absolute atomic E-state index is 0.0129. The molecule has 0 saturated heterocycles. The number of ether oxygens (including phenoxy) is 1. The number of rotatable bonds is 5. The first-order chi connectivity index (χ1) is 13.2. The van der Waals surface area contributed by atoms with E-state index in [0.29, 0.717) is 0 Å². The van der Waals surface area contributed by atoms with E-state index < -0.39 is 18.0 Å².